The van der Waals surface area contributed by atoms with Crippen LogP contribution >= 0.6 is 24.0 Å². The number of aliphatic imine (C=N–C) groups is 1. The molecule has 1 unspecified atom stereocenters. The van der Waals surface area contributed by atoms with E-state index in [1.54, 1.807) is 0 Å². The fraction of sp³-hybridized carbons (Fsp3) is 0.526. The van der Waals surface area contributed by atoms with E-state index in [-0.39, 0.29) is 30.0 Å². The van der Waals surface area contributed by atoms with Gasteiger partial charge in [0.1, 0.15) is 0 Å². The Labute approximate surface area is 173 Å². The van der Waals surface area contributed by atoms with Crippen LogP contribution in [0.1, 0.15) is 42.2 Å². The maximum Gasteiger partial charge on any atom is 0.191 e. The zero-order valence-electron chi connectivity index (χ0n) is 16.6. The lowest BCUT2D eigenvalue weighted by Crippen LogP contribution is -2.43. The molecule has 0 saturated carbocycles. The van der Waals surface area contributed by atoms with Gasteiger partial charge >= 0.3 is 0 Å². The second kappa shape index (κ2) is 10.5. The minimum atomic E-state index is 0. The lowest BCUT2D eigenvalue weighted by molar-refractivity contribution is 0.635. The first-order chi connectivity index (χ1) is 11.9. The Morgan fingerprint density at radius 1 is 1.27 bits per heavy atom. The topological polar surface area (TPSA) is 67.1 Å². The summed E-state index contributed by atoms with van der Waals surface area (Å²) in [4.78, 5) is 9.17. The summed E-state index contributed by atoms with van der Waals surface area (Å²) in [5.41, 5.74) is 5.61. The normalized spacial score (nSPS) is 12.5. The highest BCUT2D eigenvalue weighted by molar-refractivity contribution is 14.0. The number of hydrogen-bond acceptors (Lipinski definition) is 3. The Kier molecular flexibility index (Phi) is 9.04. The summed E-state index contributed by atoms with van der Waals surface area (Å²) in [5.74, 6) is 0.817. The monoisotopic (exact) mass is 470 g/mol. The van der Waals surface area contributed by atoms with E-state index in [2.05, 4.69) is 53.4 Å². The van der Waals surface area contributed by atoms with Crippen molar-refractivity contribution >= 4 is 29.9 Å². The molecule has 2 aromatic heterocycles. The maximum atomic E-state index is 4.67. The molecule has 6 nitrogen and oxygen atoms in total. The third kappa shape index (κ3) is 6.26. The molecule has 0 bridgehead atoms. The predicted octanol–water partition coefficient (Wildman–Crippen LogP) is 3.04. The predicted molar refractivity (Wildman–Crippen MR) is 118 cm³/mol. The molecule has 2 heterocycles. The maximum absolute atomic E-state index is 4.67. The van der Waals surface area contributed by atoms with E-state index in [0.717, 1.165) is 36.0 Å². The van der Waals surface area contributed by atoms with Gasteiger partial charge in [0.2, 0.25) is 0 Å². The quantitative estimate of drug-likeness (QED) is 0.387. The van der Waals surface area contributed by atoms with Gasteiger partial charge < -0.3 is 10.6 Å². The molecule has 0 aromatic carbocycles. The Morgan fingerprint density at radius 3 is 2.58 bits per heavy atom. The van der Waals surface area contributed by atoms with Gasteiger partial charge in [0.15, 0.2) is 5.96 Å². The van der Waals surface area contributed by atoms with Crippen LogP contribution in [0.3, 0.4) is 0 Å². The SMILES string of the molecule is CCNC(=NCc1cccc(C)n1)NC(C)Cc1c(C)nn(C)c1C.I. The average Bonchev–Trinajstić information content (AvgIpc) is 2.79. The van der Waals surface area contributed by atoms with Crippen molar-refractivity contribution in [3.05, 3.63) is 46.5 Å². The van der Waals surface area contributed by atoms with E-state index in [9.17, 15) is 0 Å². The van der Waals surface area contributed by atoms with E-state index in [1.165, 1.54) is 11.3 Å². The zero-order valence-corrected chi connectivity index (χ0v) is 19.0. The molecule has 0 saturated heterocycles. The molecule has 0 fully saturated rings. The lowest BCUT2D eigenvalue weighted by atomic mass is 10.1. The van der Waals surface area contributed by atoms with Crippen molar-refractivity contribution in [3.63, 3.8) is 0 Å². The fourth-order valence-corrected chi connectivity index (χ4v) is 2.87. The number of rotatable bonds is 6. The third-order valence-electron chi connectivity index (χ3n) is 4.24. The molecular formula is C19H31IN6. The lowest BCUT2D eigenvalue weighted by Gasteiger charge is -2.18. The summed E-state index contributed by atoms with van der Waals surface area (Å²) in [6.07, 6.45) is 0.915. The highest BCUT2D eigenvalue weighted by Crippen LogP contribution is 2.14. The highest BCUT2D eigenvalue weighted by atomic mass is 127. The van der Waals surface area contributed by atoms with Gasteiger partial charge in [0.25, 0.3) is 0 Å². The van der Waals surface area contributed by atoms with Crippen LogP contribution in [0.15, 0.2) is 23.2 Å². The van der Waals surface area contributed by atoms with Gasteiger partial charge in [-0.05, 0) is 58.7 Å². The first-order valence-corrected chi connectivity index (χ1v) is 8.87. The van der Waals surface area contributed by atoms with E-state index in [4.69, 9.17) is 0 Å². The molecule has 1 atom stereocenters. The van der Waals surface area contributed by atoms with Crippen molar-refractivity contribution in [2.75, 3.05) is 6.54 Å². The van der Waals surface area contributed by atoms with Gasteiger partial charge in [-0.25, -0.2) is 4.99 Å². The Hall–Kier alpha value is -1.64. The van der Waals surface area contributed by atoms with Crippen molar-refractivity contribution in [2.45, 2.75) is 53.6 Å². The molecule has 7 heteroatoms. The highest BCUT2D eigenvalue weighted by Gasteiger charge is 2.14. The molecular weight excluding hydrogens is 439 g/mol. The molecule has 0 radical (unpaired) electrons. The summed E-state index contributed by atoms with van der Waals surface area (Å²) >= 11 is 0. The van der Waals surface area contributed by atoms with E-state index >= 15 is 0 Å². The summed E-state index contributed by atoms with van der Waals surface area (Å²) in [6.45, 7) is 11.8. The van der Waals surface area contributed by atoms with Crippen molar-refractivity contribution in [1.29, 1.82) is 0 Å². The van der Waals surface area contributed by atoms with Crippen LogP contribution in [-0.4, -0.2) is 33.3 Å². The van der Waals surface area contributed by atoms with Crippen LogP contribution in [-0.2, 0) is 20.0 Å². The van der Waals surface area contributed by atoms with E-state index < -0.39 is 0 Å². The second-order valence-electron chi connectivity index (χ2n) is 6.49. The number of nitrogens with one attached hydrogen (secondary N) is 2. The standard InChI is InChI=1S/C19H30N6.HI/c1-7-20-19(21-12-17-10-8-9-13(2)22-17)23-14(3)11-18-15(4)24-25(6)16(18)5;/h8-10,14H,7,11-12H2,1-6H3,(H2,20,21,23);1H. The van der Waals surface area contributed by atoms with Crippen molar-refractivity contribution in [1.82, 2.24) is 25.4 Å². The van der Waals surface area contributed by atoms with Gasteiger partial charge in [-0.15, -0.1) is 24.0 Å². The van der Waals surface area contributed by atoms with E-state index in [1.807, 2.05) is 36.9 Å². The van der Waals surface area contributed by atoms with Crippen LogP contribution in [0.5, 0.6) is 0 Å². The molecule has 2 rings (SSSR count). The van der Waals surface area contributed by atoms with Crippen molar-refractivity contribution in [3.8, 4) is 0 Å². The largest absolute Gasteiger partial charge is 0.357 e. The molecule has 2 aromatic rings. The van der Waals surface area contributed by atoms with Crippen LogP contribution in [0.4, 0.5) is 0 Å². The second-order valence-corrected chi connectivity index (χ2v) is 6.49. The average molecular weight is 470 g/mol. The third-order valence-corrected chi connectivity index (χ3v) is 4.24. The summed E-state index contributed by atoms with van der Waals surface area (Å²) < 4.78 is 1.94. The number of pyridine rings is 1. The number of aromatic nitrogens is 3. The zero-order chi connectivity index (χ0) is 18.4. The minimum Gasteiger partial charge on any atom is -0.357 e. The molecule has 2 N–H and O–H groups in total. The number of aryl methyl sites for hydroxylation is 3. The minimum absolute atomic E-state index is 0. The van der Waals surface area contributed by atoms with Crippen molar-refractivity contribution in [2.24, 2.45) is 12.0 Å². The summed E-state index contributed by atoms with van der Waals surface area (Å²) in [5, 5.41) is 11.3. The van der Waals surface area contributed by atoms with Gasteiger partial charge in [-0.2, -0.15) is 5.10 Å². The van der Waals surface area contributed by atoms with Crippen LogP contribution < -0.4 is 10.6 Å². The molecule has 0 amide bonds. The molecule has 0 aliphatic carbocycles. The Morgan fingerprint density at radius 2 is 2.00 bits per heavy atom. The van der Waals surface area contributed by atoms with Gasteiger partial charge in [0, 0.05) is 31.0 Å². The summed E-state index contributed by atoms with van der Waals surface area (Å²) in [7, 11) is 1.99. The Bertz CT molecular complexity index is 738. The molecule has 0 aliphatic heterocycles. The number of halogens is 1. The van der Waals surface area contributed by atoms with Crippen LogP contribution in [0, 0.1) is 20.8 Å². The van der Waals surface area contributed by atoms with Gasteiger partial charge in [-0.3, -0.25) is 9.67 Å². The number of hydrogen-bond donors (Lipinski definition) is 2. The smallest absolute Gasteiger partial charge is 0.191 e. The molecule has 0 aliphatic rings. The van der Waals surface area contributed by atoms with Gasteiger partial charge in [0.05, 0.1) is 17.9 Å². The fourth-order valence-electron chi connectivity index (χ4n) is 2.87. The van der Waals surface area contributed by atoms with Crippen LogP contribution in [0.25, 0.3) is 0 Å². The van der Waals surface area contributed by atoms with Gasteiger partial charge in [-0.1, -0.05) is 6.07 Å². The molecule has 26 heavy (non-hydrogen) atoms. The molecule has 0 spiro atoms. The van der Waals surface area contributed by atoms with E-state index in [0.29, 0.717) is 6.54 Å². The van der Waals surface area contributed by atoms with Crippen molar-refractivity contribution < 1.29 is 0 Å². The number of guanidine groups is 1. The summed E-state index contributed by atoms with van der Waals surface area (Å²) in [6, 6.07) is 6.28. The number of nitrogens with zero attached hydrogens (tertiary/aromatic N) is 4. The molecule has 144 valence electrons. The first-order valence-electron chi connectivity index (χ1n) is 8.87. The Balaban J connectivity index is 0.00000338. The van der Waals surface area contributed by atoms with Crippen LogP contribution in [0.2, 0.25) is 0 Å². The first kappa shape index (κ1) is 22.4.